The fourth-order valence-corrected chi connectivity index (χ4v) is 2.81. The van der Waals surface area contributed by atoms with Crippen molar-refractivity contribution >= 4 is 16.9 Å². The Kier molecular flexibility index (Phi) is 3.17. The van der Waals surface area contributed by atoms with Gasteiger partial charge in [0.05, 0.1) is 5.57 Å². The van der Waals surface area contributed by atoms with Crippen molar-refractivity contribution in [3.05, 3.63) is 21.7 Å². The molecule has 1 aliphatic carbocycles. The molecule has 2 nitrogen and oxygen atoms in total. The second-order valence-corrected chi connectivity index (χ2v) is 4.80. The topological polar surface area (TPSA) is 36.7 Å². The van der Waals surface area contributed by atoms with Crippen LogP contribution < -0.4 is 0 Å². The maximum absolute atomic E-state index is 9.20. The summed E-state index contributed by atoms with van der Waals surface area (Å²) < 4.78 is 0. The van der Waals surface area contributed by atoms with Crippen LogP contribution in [0.3, 0.4) is 0 Å². The molecule has 1 aliphatic rings. The minimum atomic E-state index is 0.841. The molecule has 0 unspecified atom stereocenters. The zero-order chi connectivity index (χ0) is 10.7. The van der Waals surface area contributed by atoms with Gasteiger partial charge in [0.25, 0.3) is 0 Å². The molecule has 0 bridgehead atoms. The molecule has 3 heteroatoms. The summed E-state index contributed by atoms with van der Waals surface area (Å²) in [6, 6.07) is 2.33. The van der Waals surface area contributed by atoms with Crippen LogP contribution in [0.4, 0.5) is 0 Å². The number of nitrogens with zero attached hydrogens (tertiary/aromatic N) is 2. The largest absolute Gasteiger partial charge is 0.241 e. The lowest BCUT2D eigenvalue weighted by Gasteiger charge is -2.14. The Hall–Kier alpha value is -1.14. The van der Waals surface area contributed by atoms with Crippen molar-refractivity contribution in [2.75, 3.05) is 0 Å². The maximum atomic E-state index is 9.20. The summed E-state index contributed by atoms with van der Waals surface area (Å²) in [5.74, 6) is 0. The molecule has 1 heterocycles. The van der Waals surface area contributed by atoms with Gasteiger partial charge in [0.1, 0.15) is 11.1 Å². The average Bonchev–Trinajstić information content (AvgIpc) is 2.68. The zero-order valence-electron chi connectivity index (χ0n) is 8.92. The van der Waals surface area contributed by atoms with Crippen LogP contribution in [0.25, 0.3) is 5.57 Å². The molecule has 1 saturated carbocycles. The number of thiazole rings is 1. The van der Waals surface area contributed by atoms with E-state index in [-0.39, 0.29) is 0 Å². The van der Waals surface area contributed by atoms with Crippen LogP contribution in [0.1, 0.15) is 42.8 Å². The van der Waals surface area contributed by atoms with Crippen molar-refractivity contribution in [2.24, 2.45) is 0 Å². The first-order chi connectivity index (χ1) is 7.31. The molecule has 0 amide bonds. The maximum Gasteiger partial charge on any atom is 0.134 e. The Balaban J connectivity index is 2.34. The first-order valence-electron chi connectivity index (χ1n) is 5.36. The lowest BCUT2D eigenvalue weighted by molar-refractivity contribution is 0.601. The van der Waals surface area contributed by atoms with E-state index in [1.54, 1.807) is 11.3 Å². The Morgan fingerprint density at radius 3 is 2.67 bits per heavy atom. The van der Waals surface area contributed by atoms with Gasteiger partial charge in [-0.25, -0.2) is 4.98 Å². The Morgan fingerprint density at radius 2 is 2.13 bits per heavy atom. The highest BCUT2D eigenvalue weighted by molar-refractivity contribution is 7.10. The second-order valence-electron chi connectivity index (χ2n) is 3.95. The van der Waals surface area contributed by atoms with Crippen LogP contribution in [0.15, 0.2) is 11.0 Å². The third-order valence-corrected chi connectivity index (χ3v) is 3.73. The molecule has 2 rings (SSSR count). The summed E-state index contributed by atoms with van der Waals surface area (Å²) >= 11 is 1.58. The standard InChI is InChI=1S/C12H14N2S/c1-9-8-15-12(14-9)11(7-13)10-5-3-2-4-6-10/h8H,2-6H2,1H3. The molecule has 15 heavy (non-hydrogen) atoms. The number of hydrogen-bond donors (Lipinski definition) is 0. The molecule has 0 N–H and O–H groups in total. The number of nitriles is 1. The van der Waals surface area contributed by atoms with Gasteiger partial charge in [0.2, 0.25) is 0 Å². The second kappa shape index (κ2) is 4.59. The number of aryl methyl sites for hydroxylation is 1. The van der Waals surface area contributed by atoms with E-state index in [9.17, 15) is 5.26 Å². The molecule has 1 fully saturated rings. The Labute approximate surface area is 94.3 Å². The van der Waals surface area contributed by atoms with Crippen molar-refractivity contribution in [3.63, 3.8) is 0 Å². The van der Waals surface area contributed by atoms with Gasteiger partial charge in [-0.3, -0.25) is 0 Å². The molecule has 1 aromatic heterocycles. The summed E-state index contributed by atoms with van der Waals surface area (Å²) in [6.07, 6.45) is 5.93. The van der Waals surface area contributed by atoms with Crippen LogP contribution in [0.2, 0.25) is 0 Å². The fourth-order valence-electron chi connectivity index (χ4n) is 1.98. The molecule has 78 valence electrons. The van der Waals surface area contributed by atoms with E-state index in [2.05, 4.69) is 11.1 Å². The number of rotatable bonds is 1. The van der Waals surface area contributed by atoms with E-state index in [0.717, 1.165) is 29.1 Å². The summed E-state index contributed by atoms with van der Waals surface area (Å²) in [6.45, 7) is 1.97. The number of hydrogen-bond acceptors (Lipinski definition) is 3. The Bertz CT molecular complexity index is 415. The van der Waals surface area contributed by atoms with Gasteiger partial charge in [0.15, 0.2) is 0 Å². The van der Waals surface area contributed by atoms with Gasteiger partial charge in [-0.1, -0.05) is 6.42 Å². The first kappa shape index (κ1) is 10.4. The van der Waals surface area contributed by atoms with Gasteiger partial charge in [-0.15, -0.1) is 11.3 Å². The van der Waals surface area contributed by atoms with Crippen LogP contribution in [-0.2, 0) is 0 Å². The smallest absolute Gasteiger partial charge is 0.134 e. The van der Waals surface area contributed by atoms with Gasteiger partial charge in [-0.2, -0.15) is 5.26 Å². The monoisotopic (exact) mass is 218 g/mol. The number of aromatic nitrogens is 1. The SMILES string of the molecule is Cc1csc(C(C#N)=C2CCCCC2)n1. The molecule has 0 saturated heterocycles. The third-order valence-electron chi connectivity index (χ3n) is 2.76. The van der Waals surface area contributed by atoms with E-state index in [1.807, 2.05) is 12.3 Å². The molecular weight excluding hydrogens is 204 g/mol. The van der Waals surface area contributed by atoms with E-state index in [1.165, 1.54) is 24.8 Å². The highest BCUT2D eigenvalue weighted by atomic mass is 32.1. The van der Waals surface area contributed by atoms with E-state index in [0.29, 0.717) is 0 Å². The molecular formula is C12H14N2S. The molecule has 0 spiro atoms. The lowest BCUT2D eigenvalue weighted by Crippen LogP contribution is -1.97. The van der Waals surface area contributed by atoms with Crippen LogP contribution in [0.5, 0.6) is 0 Å². The predicted octanol–water partition coefficient (Wildman–Crippen LogP) is 3.69. The molecule has 0 radical (unpaired) electrons. The van der Waals surface area contributed by atoms with Crippen LogP contribution in [0, 0.1) is 18.3 Å². The first-order valence-corrected chi connectivity index (χ1v) is 6.24. The minimum Gasteiger partial charge on any atom is -0.241 e. The minimum absolute atomic E-state index is 0.841. The summed E-state index contributed by atoms with van der Waals surface area (Å²) in [4.78, 5) is 4.40. The molecule has 0 atom stereocenters. The molecule has 0 aliphatic heterocycles. The average molecular weight is 218 g/mol. The summed E-state index contributed by atoms with van der Waals surface area (Å²) in [5.41, 5.74) is 3.17. The van der Waals surface area contributed by atoms with Crippen molar-refractivity contribution in [2.45, 2.75) is 39.0 Å². The third kappa shape index (κ3) is 2.27. The highest BCUT2D eigenvalue weighted by Gasteiger charge is 2.14. The van der Waals surface area contributed by atoms with Crippen molar-refractivity contribution < 1.29 is 0 Å². The molecule has 0 aromatic carbocycles. The van der Waals surface area contributed by atoms with Gasteiger partial charge < -0.3 is 0 Å². The van der Waals surface area contributed by atoms with Gasteiger partial charge in [0, 0.05) is 11.1 Å². The Morgan fingerprint density at radius 1 is 1.40 bits per heavy atom. The van der Waals surface area contributed by atoms with E-state index >= 15 is 0 Å². The van der Waals surface area contributed by atoms with E-state index < -0.39 is 0 Å². The number of allylic oxidation sites excluding steroid dienone is 2. The van der Waals surface area contributed by atoms with Crippen molar-refractivity contribution in [1.82, 2.24) is 4.98 Å². The quantitative estimate of drug-likeness (QED) is 0.674. The lowest BCUT2D eigenvalue weighted by atomic mass is 9.91. The van der Waals surface area contributed by atoms with Gasteiger partial charge in [-0.05, 0) is 38.2 Å². The zero-order valence-corrected chi connectivity index (χ0v) is 9.73. The fraction of sp³-hybridized carbons (Fsp3) is 0.500. The van der Waals surface area contributed by atoms with E-state index in [4.69, 9.17) is 0 Å². The predicted molar refractivity (Wildman–Crippen MR) is 62.5 cm³/mol. The summed E-state index contributed by atoms with van der Waals surface area (Å²) in [5, 5.41) is 12.1. The van der Waals surface area contributed by atoms with Crippen molar-refractivity contribution in [1.29, 1.82) is 5.26 Å². The summed E-state index contributed by atoms with van der Waals surface area (Å²) in [7, 11) is 0. The van der Waals surface area contributed by atoms with Crippen LogP contribution in [-0.4, -0.2) is 4.98 Å². The van der Waals surface area contributed by atoms with Gasteiger partial charge >= 0.3 is 0 Å². The normalized spacial score (nSPS) is 16.1. The highest BCUT2D eigenvalue weighted by Crippen LogP contribution is 2.31. The van der Waals surface area contributed by atoms with Crippen molar-refractivity contribution in [3.8, 4) is 6.07 Å². The molecule has 1 aromatic rings. The van der Waals surface area contributed by atoms with Crippen LogP contribution >= 0.6 is 11.3 Å².